The summed E-state index contributed by atoms with van der Waals surface area (Å²) in [5.74, 6) is -0.289. The molecule has 6 nitrogen and oxygen atoms in total. The lowest BCUT2D eigenvalue weighted by Crippen LogP contribution is -2.28. The largest absolute Gasteiger partial charge is 0.378 e. The van der Waals surface area contributed by atoms with E-state index in [-0.39, 0.29) is 23.2 Å². The molecule has 1 fully saturated rings. The van der Waals surface area contributed by atoms with Crippen molar-refractivity contribution in [3.8, 4) is 0 Å². The van der Waals surface area contributed by atoms with Gasteiger partial charge in [0.05, 0.1) is 4.92 Å². The van der Waals surface area contributed by atoms with Crippen molar-refractivity contribution in [2.24, 2.45) is 0 Å². The summed E-state index contributed by atoms with van der Waals surface area (Å²) in [7, 11) is 0. The first-order valence-corrected chi connectivity index (χ1v) is 8.94. The van der Waals surface area contributed by atoms with Gasteiger partial charge in [-0.3, -0.25) is 14.9 Å². The van der Waals surface area contributed by atoms with Gasteiger partial charge in [-0.05, 0) is 43.5 Å². The van der Waals surface area contributed by atoms with Gasteiger partial charge in [-0.25, -0.2) is 0 Å². The third-order valence-corrected chi connectivity index (χ3v) is 4.92. The zero-order valence-electron chi connectivity index (χ0n) is 14.4. The number of hydrogen-bond acceptors (Lipinski definition) is 4. The number of nitrogens with one attached hydrogen (secondary N) is 1. The molecule has 0 aliphatic carbocycles. The van der Waals surface area contributed by atoms with Crippen LogP contribution in [0.3, 0.4) is 0 Å². The maximum Gasteiger partial charge on any atom is 0.282 e. The summed E-state index contributed by atoms with van der Waals surface area (Å²) in [4.78, 5) is 25.2. The van der Waals surface area contributed by atoms with Crippen molar-refractivity contribution < 1.29 is 9.72 Å². The fourth-order valence-electron chi connectivity index (χ4n) is 3.20. The molecular weight excluding hydrogens is 354 g/mol. The highest BCUT2D eigenvalue weighted by Gasteiger charge is 2.27. The number of likely N-dealkylation sites (tertiary alicyclic amines) is 1. The lowest BCUT2D eigenvalue weighted by Gasteiger charge is -2.19. The van der Waals surface area contributed by atoms with Crippen LogP contribution in [0.5, 0.6) is 0 Å². The number of benzene rings is 2. The summed E-state index contributed by atoms with van der Waals surface area (Å²) in [6.07, 6.45) is 1.86. The van der Waals surface area contributed by atoms with E-state index in [4.69, 9.17) is 11.6 Å². The minimum atomic E-state index is -0.509. The second-order valence-electron chi connectivity index (χ2n) is 6.38. The molecule has 26 heavy (non-hydrogen) atoms. The number of carbonyl (C=O) groups excluding carboxylic acids is 1. The van der Waals surface area contributed by atoms with Crippen molar-refractivity contribution in [1.82, 2.24) is 4.90 Å². The van der Waals surface area contributed by atoms with Gasteiger partial charge in [0.15, 0.2) is 0 Å². The molecule has 3 rings (SSSR count). The Hall–Kier alpha value is -2.60. The standard InChI is InChI=1S/C19H20ClN3O3/c1-13(15-6-2-3-7-17(15)20)21-14-8-9-18(23(25)26)16(12-14)19(24)22-10-4-5-11-22/h2-3,6-9,12-13,21H,4-5,10-11H2,1H3. The molecule has 1 N–H and O–H groups in total. The SMILES string of the molecule is CC(Nc1ccc([N+](=O)[O-])c(C(=O)N2CCCC2)c1)c1ccccc1Cl. The Bertz CT molecular complexity index is 835. The molecule has 1 saturated heterocycles. The summed E-state index contributed by atoms with van der Waals surface area (Å²) >= 11 is 6.23. The summed E-state index contributed by atoms with van der Waals surface area (Å²) in [6.45, 7) is 3.23. The highest BCUT2D eigenvalue weighted by Crippen LogP contribution is 2.29. The molecule has 0 saturated carbocycles. The second-order valence-corrected chi connectivity index (χ2v) is 6.78. The molecular formula is C19H20ClN3O3. The zero-order valence-corrected chi connectivity index (χ0v) is 15.2. The van der Waals surface area contributed by atoms with Gasteiger partial charge in [0.25, 0.3) is 11.6 Å². The van der Waals surface area contributed by atoms with Crippen LogP contribution in [0.1, 0.15) is 41.7 Å². The lowest BCUT2D eigenvalue weighted by molar-refractivity contribution is -0.385. The average Bonchev–Trinajstić information content (AvgIpc) is 3.15. The van der Waals surface area contributed by atoms with E-state index < -0.39 is 4.92 Å². The highest BCUT2D eigenvalue weighted by molar-refractivity contribution is 6.31. The van der Waals surface area contributed by atoms with Crippen LogP contribution in [0.2, 0.25) is 5.02 Å². The predicted octanol–water partition coefficient (Wildman–Crippen LogP) is 4.66. The molecule has 136 valence electrons. The van der Waals surface area contributed by atoms with Crippen LogP contribution in [0.4, 0.5) is 11.4 Å². The number of carbonyl (C=O) groups is 1. The van der Waals surface area contributed by atoms with Gasteiger partial charge in [0.1, 0.15) is 5.56 Å². The van der Waals surface area contributed by atoms with Crippen molar-refractivity contribution >= 4 is 28.9 Å². The van der Waals surface area contributed by atoms with Crippen molar-refractivity contribution in [2.45, 2.75) is 25.8 Å². The number of halogens is 1. The number of amides is 1. The van der Waals surface area contributed by atoms with Crippen LogP contribution in [-0.4, -0.2) is 28.8 Å². The molecule has 1 aliphatic rings. The lowest BCUT2D eigenvalue weighted by atomic mass is 10.1. The van der Waals surface area contributed by atoms with E-state index in [9.17, 15) is 14.9 Å². The first-order valence-electron chi connectivity index (χ1n) is 8.56. The number of nitro groups is 1. The summed E-state index contributed by atoms with van der Waals surface area (Å²) in [6, 6.07) is 11.9. The number of rotatable bonds is 5. The van der Waals surface area contributed by atoms with Gasteiger partial charge in [0.2, 0.25) is 0 Å². The Balaban J connectivity index is 1.89. The third kappa shape index (κ3) is 3.80. The van der Waals surface area contributed by atoms with E-state index in [0.717, 1.165) is 18.4 Å². The van der Waals surface area contributed by atoms with Crippen molar-refractivity contribution in [3.63, 3.8) is 0 Å². The van der Waals surface area contributed by atoms with Crippen LogP contribution in [0, 0.1) is 10.1 Å². The summed E-state index contributed by atoms with van der Waals surface area (Å²) in [5, 5.41) is 15.3. The normalized spacial score (nSPS) is 14.9. The van der Waals surface area contributed by atoms with Crippen molar-refractivity contribution in [2.75, 3.05) is 18.4 Å². The van der Waals surface area contributed by atoms with E-state index in [1.54, 1.807) is 17.0 Å². The van der Waals surface area contributed by atoms with E-state index in [2.05, 4.69) is 5.32 Å². The van der Waals surface area contributed by atoms with Crippen LogP contribution in [0.15, 0.2) is 42.5 Å². The fraction of sp³-hybridized carbons (Fsp3) is 0.316. The second kappa shape index (κ2) is 7.74. The van der Waals surface area contributed by atoms with Crippen LogP contribution >= 0.6 is 11.6 Å². The number of nitrogens with zero attached hydrogens (tertiary/aromatic N) is 2. The Labute approximate surface area is 156 Å². The van der Waals surface area contributed by atoms with Crippen molar-refractivity contribution in [3.05, 3.63) is 68.7 Å². The Morgan fingerprint density at radius 3 is 2.58 bits per heavy atom. The van der Waals surface area contributed by atoms with E-state index in [1.807, 2.05) is 31.2 Å². The smallest absolute Gasteiger partial charge is 0.282 e. The number of anilines is 1. The quantitative estimate of drug-likeness (QED) is 0.611. The maximum absolute atomic E-state index is 12.7. The molecule has 2 aromatic carbocycles. The third-order valence-electron chi connectivity index (χ3n) is 4.57. The van der Waals surface area contributed by atoms with Gasteiger partial charge in [-0.2, -0.15) is 0 Å². The van der Waals surface area contributed by atoms with Crippen molar-refractivity contribution in [1.29, 1.82) is 0 Å². The Morgan fingerprint density at radius 1 is 1.23 bits per heavy atom. The van der Waals surface area contributed by atoms with Crippen LogP contribution < -0.4 is 5.32 Å². The number of hydrogen-bond donors (Lipinski definition) is 1. The summed E-state index contributed by atoms with van der Waals surface area (Å²) in [5.41, 5.74) is 1.51. The topological polar surface area (TPSA) is 75.5 Å². The van der Waals surface area contributed by atoms with Gasteiger partial charge < -0.3 is 10.2 Å². The molecule has 1 aliphatic heterocycles. The van der Waals surface area contributed by atoms with Gasteiger partial charge >= 0.3 is 0 Å². The maximum atomic E-state index is 12.7. The molecule has 1 atom stereocenters. The molecule has 0 aromatic heterocycles. The van der Waals surface area contributed by atoms with Crippen LogP contribution in [0.25, 0.3) is 0 Å². The van der Waals surface area contributed by atoms with Gasteiger partial charge in [-0.1, -0.05) is 29.8 Å². The molecule has 2 aromatic rings. The Morgan fingerprint density at radius 2 is 1.92 bits per heavy atom. The zero-order chi connectivity index (χ0) is 18.7. The first kappa shape index (κ1) is 18.2. The van der Waals surface area contributed by atoms with Gasteiger partial charge in [0, 0.05) is 35.9 Å². The summed E-state index contributed by atoms with van der Waals surface area (Å²) < 4.78 is 0. The monoisotopic (exact) mass is 373 g/mol. The number of nitro benzene ring substituents is 1. The molecule has 1 heterocycles. The molecule has 7 heteroatoms. The molecule has 1 unspecified atom stereocenters. The fourth-order valence-corrected chi connectivity index (χ4v) is 3.50. The first-order chi connectivity index (χ1) is 12.5. The predicted molar refractivity (Wildman–Crippen MR) is 102 cm³/mol. The molecule has 1 amide bonds. The van der Waals surface area contributed by atoms with E-state index in [0.29, 0.717) is 23.8 Å². The molecule has 0 bridgehead atoms. The van der Waals surface area contributed by atoms with Gasteiger partial charge in [-0.15, -0.1) is 0 Å². The van der Waals surface area contributed by atoms with E-state index in [1.165, 1.54) is 6.07 Å². The highest BCUT2D eigenvalue weighted by atomic mass is 35.5. The molecule has 0 spiro atoms. The minimum Gasteiger partial charge on any atom is -0.378 e. The Kier molecular flexibility index (Phi) is 5.42. The van der Waals surface area contributed by atoms with Crippen LogP contribution in [-0.2, 0) is 0 Å². The minimum absolute atomic E-state index is 0.111. The van der Waals surface area contributed by atoms with E-state index >= 15 is 0 Å². The molecule has 0 radical (unpaired) electrons. The average molecular weight is 374 g/mol.